The van der Waals surface area contributed by atoms with E-state index in [9.17, 15) is 4.79 Å². The van der Waals surface area contributed by atoms with Crippen molar-refractivity contribution in [2.45, 2.75) is 20.8 Å². The second-order valence-electron chi connectivity index (χ2n) is 6.09. The average Bonchev–Trinajstić information content (AvgIpc) is 2.62. The third kappa shape index (κ3) is 5.01. The van der Waals surface area contributed by atoms with Gasteiger partial charge in [0, 0.05) is 11.4 Å². The minimum atomic E-state index is -0.340. The number of esters is 1. The predicted molar refractivity (Wildman–Crippen MR) is 105 cm³/mol. The van der Waals surface area contributed by atoms with Gasteiger partial charge in [-0.25, -0.2) is 4.79 Å². The Morgan fingerprint density at radius 2 is 1.70 bits per heavy atom. The molecule has 0 aliphatic rings. The lowest BCUT2D eigenvalue weighted by molar-refractivity contribution is 0.0526. The van der Waals surface area contributed by atoms with Crippen molar-refractivity contribution in [2.75, 3.05) is 17.2 Å². The lowest BCUT2D eigenvalue weighted by Crippen LogP contribution is -2.05. The largest absolute Gasteiger partial charge is 0.462 e. The SMILES string of the molecule is CCOC(=O)c1ccc(Nc2cnnc(Nc3cc(C)cc(C)c3)n2)cc1. The van der Waals surface area contributed by atoms with E-state index < -0.39 is 0 Å². The van der Waals surface area contributed by atoms with Gasteiger partial charge in [0.1, 0.15) is 0 Å². The summed E-state index contributed by atoms with van der Waals surface area (Å²) >= 11 is 0. The second-order valence-corrected chi connectivity index (χ2v) is 6.09. The molecule has 7 heteroatoms. The Bertz CT molecular complexity index is 921. The van der Waals surface area contributed by atoms with E-state index in [4.69, 9.17) is 4.74 Å². The van der Waals surface area contributed by atoms with Crippen LogP contribution in [0.25, 0.3) is 0 Å². The smallest absolute Gasteiger partial charge is 0.338 e. The van der Waals surface area contributed by atoms with Crippen molar-refractivity contribution in [2.24, 2.45) is 0 Å². The van der Waals surface area contributed by atoms with Crippen molar-refractivity contribution in [3.8, 4) is 0 Å². The average molecular weight is 363 g/mol. The van der Waals surface area contributed by atoms with Crippen LogP contribution in [0.1, 0.15) is 28.4 Å². The highest BCUT2D eigenvalue weighted by Crippen LogP contribution is 2.19. The first-order chi connectivity index (χ1) is 13.0. The van der Waals surface area contributed by atoms with Gasteiger partial charge in [0.15, 0.2) is 5.82 Å². The number of nitrogens with one attached hydrogen (secondary N) is 2. The number of rotatable bonds is 6. The molecule has 27 heavy (non-hydrogen) atoms. The molecule has 0 atom stereocenters. The molecular formula is C20H21N5O2. The van der Waals surface area contributed by atoms with Crippen LogP contribution in [0.5, 0.6) is 0 Å². The van der Waals surface area contributed by atoms with Crippen molar-refractivity contribution in [3.63, 3.8) is 0 Å². The number of benzene rings is 2. The van der Waals surface area contributed by atoms with Crippen molar-refractivity contribution < 1.29 is 9.53 Å². The predicted octanol–water partition coefficient (Wildman–Crippen LogP) is 4.15. The summed E-state index contributed by atoms with van der Waals surface area (Å²) in [6.07, 6.45) is 1.53. The molecule has 0 bridgehead atoms. The Balaban J connectivity index is 1.71. The van der Waals surface area contributed by atoms with Gasteiger partial charge in [-0.15, -0.1) is 5.10 Å². The first-order valence-electron chi connectivity index (χ1n) is 8.63. The molecule has 0 fully saturated rings. The number of aryl methyl sites for hydroxylation is 2. The number of aromatic nitrogens is 3. The number of hydrogen-bond acceptors (Lipinski definition) is 7. The van der Waals surface area contributed by atoms with E-state index in [2.05, 4.69) is 31.9 Å². The van der Waals surface area contributed by atoms with Crippen molar-refractivity contribution in [1.82, 2.24) is 15.2 Å². The van der Waals surface area contributed by atoms with E-state index in [1.807, 2.05) is 26.0 Å². The van der Waals surface area contributed by atoms with Gasteiger partial charge in [-0.3, -0.25) is 0 Å². The van der Waals surface area contributed by atoms with Gasteiger partial charge in [0.05, 0.1) is 18.4 Å². The lowest BCUT2D eigenvalue weighted by Gasteiger charge is -2.09. The first kappa shape index (κ1) is 18.3. The molecular weight excluding hydrogens is 342 g/mol. The molecule has 1 aromatic heterocycles. The summed E-state index contributed by atoms with van der Waals surface area (Å²) < 4.78 is 4.98. The van der Waals surface area contributed by atoms with Gasteiger partial charge >= 0.3 is 5.97 Å². The minimum absolute atomic E-state index is 0.340. The summed E-state index contributed by atoms with van der Waals surface area (Å²) in [5.74, 6) is 0.599. The van der Waals surface area contributed by atoms with Gasteiger partial charge < -0.3 is 15.4 Å². The van der Waals surface area contributed by atoms with Gasteiger partial charge in [-0.05, 0) is 68.3 Å². The van der Waals surface area contributed by atoms with E-state index in [1.54, 1.807) is 31.2 Å². The van der Waals surface area contributed by atoms with Gasteiger partial charge in [-0.1, -0.05) is 6.07 Å². The molecule has 0 saturated heterocycles. The number of ether oxygens (including phenoxy) is 1. The van der Waals surface area contributed by atoms with Crippen LogP contribution >= 0.6 is 0 Å². The first-order valence-corrected chi connectivity index (χ1v) is 8.63. The zero-order valence-corrected chi connectivity index (χ0v) is 15.5. The molecule has 2 aromatic carbocycles. The molecule has 0 aliphatic heterocycles. The fourth-order valence-corrected chi connectivity index (χ4v) is 2.64. The molecule has 0 spiro atoms. The van der Waals surface area contributed by atoms with Crippen LogP contribution in [0.15, 0.2) is 48.7 Å². The fourth-order valence-electron chi connectivity index (χ4n) is 2.64. The van der Waals surface area contributed by atoms with E-state index in [0.717, 1.165) is 22.5 Å². The standard InChI is InChI=1S/C20H21N5O2/c1-4-27-19(26)15-5-7-16(8-6-15)22-18-12-21-25-20(24-18)23-17-10-13(2)9-14(3)11-17/h5-12H,4H2,1-3H3,(H2,22,23,24,25). The zero-order valence-electron chi connectivity index (χ0n) is 15.5. The Kier molecular flexibility index (Phi) is 5.61. The van der Waals surface area contributed by atoms with E-state index in [1.165, 1.54) is 6.20 Å². The number of carbonyl (C=O) groups excluding carboxylic acids is 1. The summed E-state index contributed by atoms with van der Waals surface area (Å²) in [6.45, 7) is 6.20. The third-order valence-electron chi connectivity index (χ3n) is 3.71. The van der Waals surface area contributed by atoms with Crippen LogP contribution in [0.3, 0.4) is 0 Å². The highest BCUT2D eigenvalue weighted by Gasteiger charge is 2.07. The van der Waals surface area contributed by atoms with Crippen LogP contribution in [0.2, 0.25) is 0 Å². The molecule has 2 N–H and O–H groups in total. The van der Waals surface area contributed by atoms with Crippen molar-refractivity contribution in [3.05, 3.63) is 65.4 Å². The quantitative estimate of drug-likeness (QED) is 0.636. The lowest BCUT2D eigenvalue weighted by atomic mass is 10.1. The topological polar surface area (TPSA) is 89.0 Å². The molecule has 7 nitrogen and oxygen atoms in total. The second kappa shape index (κ2) is 8.27. The monoisotopic (exact) mass is 363 g/mol. The van der Waals surface area contributed by atoms with Gasteiger partial charge in [0.2, 0.25) is 5.95 Å². The molecule has 1 heterocycles. The van der Waals surface area contributed by atoms with Crippen molar-refractivity contribution in [1.29, 1.82) is 0 Å². The van der Waals surface area contributed by atoms with Crippen LogP contribution in [-0.4, -0.2) is 27.8 Å². The van der Waals surface area contributed by atoms with E-state index in [0.29, 0.717) is 23.9 Å². The molecule has 0 unspecified atom stereocenters. The molecule has 138 valence electrons. The summed E-state index contributed by atoms with van der Waals surface area (Å²) in [5.41, 5.74) is 4.49. The Morgan fingerprint density at radius 3 is 2.37 bits per heavy atom. The number of anilines is 4. The number of nitrogens with zero attached hydrogens (tertiary/aromatic N) is 3. The molecule has 3 rings (SSSR count). The maximum absolute atomic E-state index is 11.7. The molecule has 3 aromatic rings. The Morgan fingerprint density at radius 1 is 1.00 bits per heavy atom. The Hall–Kier alpha value is -3.48. The van der Waals surface area contributed by atoms with Crippen LogP contribution in [0.4, 0.5) is 23.1 Å². The molecule has 0 radical (unpaired) electrons. The maximum Gasteiger partial charge on any atom is 0.338 e. The van der Waals surface area contributed by atoms with Crippen molar-refractivity contribution >= 4 is 29.1 Å². The minimum Gasteiger partial charge on any atom is -0.462 e. The third-order valence-corrected chi connectivity index (χ3v) is 3.71. The maximum atomic E-state index is 11.7. The summed E-state index contributed by atoms with van der Waals surface area (Å²) in [4.78, 5) is 16.1. The zero-order chi connectivity index (χ0) is 19.2. The summed E-state index contributed by atoms with van der Waals surface area (Å²) in [7, 11) is 0. The fraction of sp³-hybridized carbons (Fsp3) is 0.200. The van der Waals surface area contributed by atoms with Crippen LogP contribution < -0.4 is 10.6 Å². The molecule has 0 aliphatic carbocycles. The molecule has 0 amide bonds. The number of hydrogen-bond donors (Lipinski definition) is 2. The summed E-state index contributed by atoms with van der Waals surface area (Å²) in [5, 5.41) is 14.3. The normalized spacial score (nSPS) is 10.3. The summed E-state index contributed by atoms with van der Waals surface area (Å²) in [6, 6.07) is 13.1. The van der Waals surface area contributed by atoms with E-state index >= 15 is 0 Å². The van der Waals surface area contributed by atoms with Crippen LogP contribution in [0, 0.1) is 13.8 Å². The Labute approximate surface area is 157 Å². The molecule has 0 saturated carbocycles. The highest BCUT2D eigenvalue weighted by molar-refractivity contribution is 5.89. The van der Waals surface area contributed by atoms with E-state index in [-0.39, 0.29) is 5.97 Å². The van der Waals surface area contributed by atoms with Gasteiger partial charge in [0.25, 0.3) is 0 Å². The van der Waals surface area contributed by atoms with Crippen LogP contribution in [-0.2, 0) is 4.74 Å². The van der Waals surface area contributed by atoms with Gasteiger partial charge in [-0.2, -0.15) is 10.1 Å². The highest BCUT2D eigenvalue weighted by atomic mass is 16.5. The number of carbonyl (C=O) groups is 1.